The van der Waals surface area contributed by atoms with Crippen molar-refractivity contribution in [3.05, 3.63) is 41.6 Å². The van der Waals surface area contributed by atoms with Crippen LogP contribution < -0.4 is 4.59 Å². The summed E-state index contributed by atoms with van der Waals surface area (Å²) in [6.45, 7) is 2.04. The molecule has 0 saturated heterocycles. The number of aliphatic imine (C=N–C) groups is 1. The molecule has 21 heavy (non-hydrogen) atoms. The molecule has 109 valence electrons. The van der Waals surface area contributed by atoms with Gasteiger partial charge in [0.15, 0.2) is 0 Å². The van der Waals surface area contributed by atoms with Crippen LogP contribution in [-0.4, -0.2) is 38.0 Å². The monoisotopic (exact) mass is 346 g/mol. The number of hydrogen-bond acceptors (Lipinski definition) is 2. The van der Waals surface area contributed by atoms with E-state index in [-0.39, 0.29) is 0 Å². The predicted octanol–water partition coefficient (Wildman–Crippen LogP) is 2.73. The fourth-order valence-corrected chi connectivity index (χ4v) is 3.55. The average molecular weight is 345 g/mol. The zero-order valence-electron chi connectivity index (χ0n) is 12.3. The van der Waals surface area contributed by atoms with E-state index >= 15 is 0 Å². The van der Waals surface area contributed by atoms with Crippen molar-refractivity contribution >= 4 is 26.8 Å². The van der Waals surface area contributed by atoms with Gasteiger partial charge in [0.1, 0.15) is 0 Å². The van der Waals surface area contributed by atoms with E-state index in [9.17, 15) is 0 Å². The first-order valence-electron chi connectivity index (χ1n) is 7.61. The first-order valence-corrected chi connectivity index (χ1v) is 8.46. The summed E-state index contributed by atoms with van der Waals surface area (Å²) >= 11 is 3.16. The molecule has 1 fully saturated rings. The van der Waals surface area contributed by atoms with Gasteiger partial charge in [0.05, 0.1) is 0 Å². The standard InChI is InChI=1S/C17H20N3Se/c1-13-16(12-18-14-8-4-2-5-9-14)17(21)20(19-13)15-10-6-3-7-11-15/h3,6-7,10-12,14H,2,4-5,8-9H2,1H3. The van der Waals surface area contributed by atoms with E-state index in [1.807, 2.05) is 36.0 Å². The van der Waals surface area contributed by atoms with Crippen molar-refractivity contribution in [1.29, 1.82) is 0 Å². The molecule has 0 amide bonds. The molecule has 0 bridgehead atoms. The van der Waals surface area contributed by atoms with Gasteiger partial charge in [-0.2, -0.15) is 0 Å². The molecule has 1 aromatic heterocycles. The van der Waals surface area contributed by atoms with Gasteiger partial charge < -0.3 is 0 Å². The van der Waals surface area contributed by atoms with Crippen molar-refractivity contribution in [2.75, 3.05) is 0 Å². The number of aryl methyl sites for hydroxylation is 1. The quantitative estimate of drug-likeness (QED) is 0.621. The Bertz CT molecular complexity index is 625. The molecule has 1 aliphatic rings. The fraction of sp³-hybridized carbons (Fsp3) is 0.412. The topological polar surface area (TPSA) is 30.2 Å². The molecule has 1 saturated carbocycles. The van der Waals surface area contributed by atoms with E-state index in [4.69, 9.17) is 4.99 Å². The molecule has 3 rings (SSSR count). The van der Waals surface area contributed by atoms with Crippen LogP contribution in [0.2, 0.25) is 0 Å². The summed E-state index contributed by atoms with van der Waals surface area (Å²) < 4.78 is 3.00. The molecule has 1 radical (unpaired) electrons. The van der Waals surface area contributed by atoms with Gasteiger partial charge in [-0.05, 0) is 0 Å². The summed E-state index contributed by atoms with van der Waals surface area (Å²) in [6.07, 6.45) is 8.47. The van der Waals surface area contributed by atoms with Gasteiger partial charge in [0, 0.05) is 0 Å². The van der Waals surface area contributed by atoms with Gasteiger partial charge in [-0.15, -0.1) is 0 Å². The van der Waals surface area contributed by atoms with Gasteiger partial charge in [0.2, 0.25) is 0 Å². The third kappa shape index (κ3) is 3.28. The molecule has 2 aromatic rings. The number of rotatable bonds is 3. The van der Waals surface area contributed by atoms with Crippen molar-refractivity contribution < 1.29 is 0 Å². The summed E-state index contributed by atoms with van der Waals surface area (Å²) in [5.41, 5.74) is 3.21. The minimum absolute atomic E-state index is 0.498. The van der Waals surface area contributed by atoms with E-state index in [1.165, 1.54) is 32.1 Å². The van der Waals surface area contributed by atoms with Crippen molar-refractivity contribution in [1.82, 2.24) is 9.78 Å². The summed E-state index contributed by atoms with van der Waals surface area (Å²) in [6, 6.07) is 10.7. The van der Waals surface area contributed by atoms with Crippen molar-refractivity contribution in [3.63, 3.8) is 0 Å². The van der Waals surface area contributed by atoms with Crippen LogP contribution in [0.1, 0.15) is 43.4 Å². The third-order valence-electron chi connectivity index (χ3n) is 4.05. The normalized spacial score (nSPS) is 16.6. The van der Waals surface area contributed by atoms with E-state index in [0.717, 1.165) is 21.5 Å². The number of aromatic nitrogens is 2. The van der Waals surface area contributed by atoms with Gasteiger partial charge >= 0.3 is 134 Å². The van der Waals surface area contributed by atoms with Crippen molar-refractivity contribution in [2.24, 2.45) is 4.99 Å². The molecule has 1 aliphatic carbocycles. The Labute approximate surface area is 134 Å². The van der Waals surface area contributed by atoms with E-state index in [2.05, 4.69) is 33.2 Å². The molecular formula is C17H20N3Se. The molecule has 1 heterocycles. The molecule has 0 atom stereocenters. The van der Waals surface area contributed by atoms with Gasteiger partial charge in [-0.25, -0.2) is 0 Å². The molecule has 0 spiro atoms. The number of benzene rings is 1. The van der Waals surface area contributed by atoms with Crippen LogP contribution >= 0.6 is 0 Å². The molecular weight excluding hydrogens is 325 g/mol. The van der Waals surface area contributed by atoms with E-state index < -0.39 is 0 Å². The number of para-hydroxylation sites is 1. The molecule has 0 N–H and O–H groups in total. The summed E-state index contributed by atoms with van der Waals surface area (Å²) in [7, 11) is 0. The van der Waals surface area contributed by atoms with Crippen LogP contribution in [-0.2, 0) is 0 Å². The van der Waals surface area contributed by atoms with Crippen LogP contribution in [0, 0.1) is 6.92 Å². The maximum atomic E-state index is 4.78. The van der Waals surface area contributed by atoms with Crippen LogP contribution in [0.5, 0.6) is 0 Å². The molecule has 1 aromatic carbocycles. The predicted molar refractivity (Wildman–Crippen MR) is 88.2 cm³/mol. The van der Waals surface area contributed by atoms with Crippen molar-refractivity contribution in [3.8, 4) is 5.69 Å². The first kappa shape index (κ1) is 14.6. The minimum atomic E-state index is 0.498. The van der Waals surface area contributed by atoms with Crippen LogP contribution in [0.4, 0.5) is 0 Å². The number of hydrogen-bond donors (Lipinski definition) is 0. The zero-order chi connectivity index (χ0) is 14.7. The summed E-state index contributed by atoms with van der Waals surface area (Å²) in [5.74, 6) is 0. The van der Waals surface area contributed by atoms with Crippen LogP contribution in [0.25, 0.3) is 5.69 Å². The Balaban J connectivity index is 1.86. The number of nitrogens with zero attached hydrogens (tertiary/aromatic N) is 3. The molecule has 0 aliphatic heterocycles. The van der Waals surface area contributed by atoms with Gasteiger partial charge in [-0.3, -0.25) is 0 Å². The summed E-state index contributed by atoms with van der Waals surface area (Å²) in [5, 5.41) is 4.64. The van der Waals surface area contributed by atoms with Gasteiger partial charge in [-0.1, -0.05) is 0 Å². The third-order valence-corrected chi connectivity index (χ3v) is 4.88. The Kier molecular flexibility index (Phi) is 4.57. The fourth-order valence-electron chi connectivity index (χ4n) is 2.82. The summed E-state index contributed by atoms with van der Waals surface area (Å²) in [4.78, 5) is 4.78. The molecule has 0 unspecified atom stereocenters. The SMILES string of the molecule is Cc1nn(-c2ccccc2)c([Se])c1C=NC1CCCCC1. The van der Waals surface area contributed by atoms with E-state index in [0.29, 0.717) is 6.04 Å². The van der Waals surface area contributed by atoms with Crippen LogP contribution in [0.3, 0.4) is 0 Å². The zero-order valence-corrected chi connectivity index (χ0v) is 14.0. The average Bonchev–Trinajstić information content (AvgIpc) is 2.82. The Hall–Kier alpha value is -1.38. The Morgan fingerprint density at radius 3 is 2.62 bits per heavy atom. The van der Waals surface area contributed by atoms with Gasteiger partial charge in [0.25, 0.3) is 0 Å². The Morgan fingerprint density at radius 1 is 1.19 bits per heavy atom. The van der Waals surface area contributed by atoms with E-state index in [1.54, 1.807) is 0 Å². The van der Waals surface area contributed by atoms with Crippen molar-refractivity contribution in [2.45, 2.75) is 45.1 Å². The second kappa shape index (κ2) is 6.59. The maximum absolute atomic E-state index is 4.78. The molecule has 3 nitrogen and oxygen atoms in total. The second-order valence-corrected chi connectivity index (χ2v) is 6.43. The van der Waals surface area contributed by atoms with Crippen LogP contribution in [0.15, 0.2) is 35.3 Å². The second-order valence-electron chi connectivity index (χ2n) is 5.62. The first-order chi connectivity index (χ1) is 10.3. The molecule has 4 heteroatoms. The Morgan fingerprint density at radius 2 is 1.90 bits per heavy atom.